The zero-order valence-electron chi connectivity index (χ0n) is 14.7. The molecule has 0 heterocycles. The van der Waals surface area contributed by atoms with Gasteiger partial charge in [0.25, 0.3) is 11.6 Å². The van der Waals surface area contributed by atoms with E-state index >= 15 is 0 Å². The van der Waals surface area contributed by atoms with Gasteiger partial charge in [-0.25, -0.2) is 0 Å². The number of carbonyl (C=O) groups excluding carboxylic acids is 1. The quantitative estimate of drug-likeness (QED) is 0.517. The predicted molar refractivity (Wildman–Crippen MR) is 92.9 cm³/mol. The number of likely N-dealkylation sites (N-methyl/N-ethyl adjacent to an activating group) is 1. The molecule has 1 amide bonds. The Balaban J connectivity index is 1.88. The zero-order valence-corrected chi connectivity index (χ0v) is 14.7. The molecule has 0 aromatic heterocycles. The first kappa shape index (κ1) is 20.1. The molecule has 0 spiro atoms. The Bertz CT molecular complexity index is 812. The van der Waals surface area contributed by atoms with Crippen LogP contribution in [0, 0.1) is 17.0 Å². The molecule has 2 aromatic rings. The third-order valence-corrected chi connectivity index (χ3v) is 3.72. The number of aryl methyl sites for hydroxylation is 1. The van der Waals surface area contributed by atoms with Gasteiger partial charge in [0.2, 0.25) is 0 Å². The molecule has 0 atom stereocenters. The molecule has 0 aliphatic rings. The lowest BCUT2D eigenvalue weighted by Gasteiger charge is -2.18. The number of hydrogen-bond donors (Lipinski definition) is 0. The van der Waals surface area contributed by atoms with E-state index in [0.717, 1.165) is 5.56 Å². The SMILES string of the molecule is Cc1cc(OCC(=O)N(C)Cc2ccc(OC(F)F)cc2)ccc1[N+](=O)[O-]. The van der Waals surface area contributed by atoms with E-state index in [1.807, 2.05) is 0 Å². The lowest BCUT2D eigenvalue weighted by atomic mass is 10.2. The molecule has 144 valence electrons. The standard InChI is InChI=1S/C18H18F2N2O5/c1-12-9-15(7-8-16(12)22(24)25)26-11-17(23)21(2)10-13-3-5-14(6-4-13)27-18(19)20/h3-9,18H,10-11H2,1-2H3. The van der Waals surface area contributed by atoms with E-state index in [1.54, 1.807) is 26.1 Å². The van der Waals surface area contributed by atoms with Crippen molar-refractivity contribution < 1.29 is 28.0 Å². The van der Waals surface area contributed by atoms with E-state index in [1.165, 1.54) is 35.2 Å². The van der Waals surface area contributed by atoms with Gasteiger partial charge in [-0.1, -0.05) is 12.1 Å². The minimum absolute atomic E-state index is 0.0231. The Morgan fingerprint density at radius 1 is 1.19 bits per heavy atom. The fourth-order valence-electron chi connectivity index (χ4n) is 2.32. The molecule has 0 unspecified atom stereocenters. The minimum atomic E-state index is -2.89. The Labute approximate surface area is 154 Å². The maximum absolute atomic E-state index is 12.2. The van der Waals surface area contributed by atoms with E-state index in [4.69, 9.17) is 4.74 Å². The number of nitro benzene ring substituents is 1. The summed E-state index contributed by atoms with van der Waals surface area (Å²) in [6.45, 7) is -1.28. The second kappa shape index (κ2) is 8.93. The van der Waals surface area contributed by atoms with Gasteiger partial charge in [0, 0.05) is 25.2 Å². The van der Waals surface area contributed by atoms with Crippen LogP contribution < -0.4 is 9.47 Å². The van der Waals surface area contributed by atoms with Crippen LogP contribution in [0.5, 0.6) is 11.5 Å². The molecule has 7 nitrogen and oxygen atoms in total. The summed E-state index contributed by atoms with van der Waals surface area (Å²) in [5.74, 6) is 0.0897. The van der Waals surface area contributed by atoms with Gasteiger partial charge in [-0.3, -0.25) is 14.9 Å². The summed E-state index contributed by atoms with van der Waals surface area (Å²) in [6, 6.07) is 10.2. The van der Waals surface area contributed by atoms with E-state index < -0.39 is 11.5 Å². The summed E-state index contributed by atoms with van der Waals surface area (Å²) in [6.07, 6.45) is 0. The lowest BCUT2D eigenvalue weighted by molar-refractivity contribution is -0.385. The van der Waals surface area contributed by atoms with Crippen LogP contribution in [0.1, 0.15) is 11.1 Å². The fraction of sp³-hybridized carbons (Fsp3) is 0.278. The van der Waals surface area contributed by atoms with Crippen LogP contribution in [-0.4, -0.2) is 36.0 Å². The van der Waals surface area contributed by atoms with Crippen LogP contribution in [0.4, 0.5) is 14.5 Å². The summed E-state index contributed by atoms with van der Waals surface area (Å²) >= 11 is 0. The number of hydrogen-bond acceptors (Lipinski definition) is 5. The molecule has 9 heteroatoms. The number of ether oxygens (including phenoxy) is 2. The summed E-state index contributed by atoms with van der Waals surface area (Å²) in [5, 5.41) is 10.8. The highest BCUT2D eigenvalue weighted by Gasteiger charge is 2.14. The van der Waals surface area contributed by atoms with Crippen molar-refractivity contribution in [2.45, 2.75) is 20.1 Å². The number of nitro groups is 1. The van der Waals surface area contributed by atoms with Crippen LogP contribution in [0.2, 0.25) is 0 Å². The van der Waals surface area contributed by atoms with E-state index in [9.17, 15) is 23.7 Å². The molecule has 2 rings (SSSR count). The van der Waals surface area contributed by atoms with Gasteiger partial charge in [-0.2, -0.15) is 8.78 Å². The zero-order chi connectivity index (χ0) is 20.0. The lowest BCUT2D eigenvalue weighted by Crippen LogP contribution is -2.30. The first-order valence-electron chi connectivity index (χ1n) is 7.92. The number of alkyl halides is 2. The van der Waals surface area contributed by atoms with Crippen molar-refractivity contribution in [3.05, 3.63) is 63.7 Å². The number of amides is 1. The van der Waals surface area contributed by atoms with Crippen molar-refractivity contribution in [2.75, 3.05) is 13.7 Å². The van der Waals surface area contributed by atoms with E-state index in [-0.39, 0.29) is 30.5 Å². The monoisotopic (exact) mass is 380 g/mol. The average Bonchev–Trinajstić information content (AvgIpc) is 2.60. The van der Waals surface area contributed by atoms with Crippen LogP contribution in [0.15, 0.2) is 42.5 Å². The fourth-order valence-corrected chi connectivity index (χ4v) is 2.32. The highest BCUT2D eigenvalue weighted by Crippen LogP contribution is 2.23. The van der Waals surface area contributed by atoms with Gasteiger partial charge < -0.3 is 14.4 Å². The largest absolute Gasteiger partial charge is 0.484 e. The normalized spacial score (nSPS) is 10.6. The first-order valence-corrected chi connectivity index (χ1v) is 7.92. The maximum Gasteiger partial charge on any atom is 0.387 e. The van der Waals surface area contributed by atoms with Crippen molar-refractivity contribution in [1.29, 1.82) is 0 Å². The summed E-state index contributed by atoms with van der Waals surface area (Å²) < 4.78 is 33.9. The van der Waals surface area contributed by atoms with Gasteiger partial charge in [0.15, 0.2) is 6.61 Å². The van der Waals surface area contributed by atoms with Crippen LogP contribution in [0.3, 0.4) is 0 Å². The van der Waals surface area contributed by atoms with Gasteiger partial charge >= 0.3 is 6.61 Å². The summed E-state index contributed by atoms with van der Waals surface area (Å²) in [4.78, 5) is 23.9. The summed E-state index contributed by atoms with van der Waals surface area (Å²) in [5.41, 5.74) is 1.15. The van der Waals surface area contributed by atoms with E-state index in [2.05, 4.69) is 4.74 Å². The van der Waals surface area contributed by atoms with Gasteiger partial charge in [-0.15, -0.1) is 0 Å². The number of nitrogens with zero attached hydrogens (tertiary/aromatic N) is 2. The highest BCUT2D eigenvalue weighted by molar-refractivity contribution is 5.77. The third-order valence-electron chi connectivity index (χ3n) is 3.72. The molecule has 0 radical (unpaired) electrons. The average molecular weight is 380 g/mol. The molecule has 0 bridgehead atoms. The Morgan fingerprint density at radius 3 is 2.37 bits per heavy atom. The smallest absolute Gasteiger partial charge is 0.387 e. The molecule has 0 saturated carbocycles. The molecule has 0 saturated heterocycles. The Kier molecular flexibility index (Phi) is 6.64. The minimum Gasteiger partial charge on any atom is -0.484 e. The maximum atomic E-state index is 12.2. The molecule has 0 fully saturated rings. The van der Waals surface area contributed by atoms with Crippen LogP contribution >= 0.6 is 0 Å². The van der Waals surface area contributed by atoms with Crippen molar-refractivity contribution in [3.8, 4) is 11.5 Å². The molecular weight excluding hydrogens is 362 g/mol. The molecule has 27 heavy (non-hydrogen) atoms. The van der Waals surface area contributed by atoms with Crippen LogP contribution in [-0.2, 0) is 11.3 Å². The summed E-state index contributed by atoms with van der Waals surface area (Å²) in [7, 11) is 1.58. The second-order valence-corrected chi connectivity index (χ2v) is 5.77. The number of carbonyl (C=O) groups is 1. The molecule has 2 aromatic carbocycles. The Hall–Kier alpha value is -3.23. The second-order valence-electron chi connectivity index (χ2n) is 5.77. The molecule has 0 aliphatic heterocycles. The molecule has 0 N–H and O–H groups in total. The predicted octanol–water partition coefficient (Wildman–Crippen LogP) is 3.54. The van der Waals surface area contributed by atoms with Crippen molar-refractivity contribution >= 4 is 11.6 Å². The van der Waals surface area contributed by atoms with E-state index in [0.29, 0.717) is 11.3 Å². The van der Waals surface area contributed by atoms with Crippen molar-refractivity contribution in [3.63, 3.8) is 0 Å². The van der Waals surface area contributed by atoms with Gasteiger partial charge in [0.1, 0.15) is 11.5 Å². The van der Waals surface area contributed by atoms with Gasteiger partial charge in [-0.05, 0) is 36.8 Å². The number of halogens is 2. The van der Waals surface area contributed by atoms with Crippen LogP contribution in [0.25, 0.3) is 0 Å². The number of benzene rings is 2. The number of rotatable bonds is 8. The molecule has 0 aliphatic carbocycles. The molecular formula is C18H18F2N2O5. The third kappa shape index (κ3) is 5.91. The van der Waals surface area contributed by atoms with Crippen molar-refractivity contribution in [1.82, 2.24) is 4.90 Å². The Morgan fingerprint density at radius 2 is 1.81 bits per heavy atom. The first-order chi connectivity index (χ1) is 12.8. The topological polar surface area (TPSA) is 81.9 Å². The van der Waals surface area contributed by atoms with Crippen molar-refractivity contribution in [2.24, 2.45) is 0 Å². The highest BCUT2D eigenvalue weighted by atomic mass is 19.3. The van der Waals surface area contributed by atoms with Gasteiger partial charge in [0.05, 0.1) is 4.92 Å².